The highest BCUT2D eigenvalue weighted by Crippen LogP contribution is 2.29. The number of esters is 1. The van der Waals surface area contributed by atoms with Gasteiger partial charge in [0.2, 0.25) is 0 Å². The van der Waals surface area contributed by atoms with Gasteiger partial charge in [-0.25, -0.2) is 15.0 Å². The van der Waals surface area contributed by atoms with Crippen LogP contribution in [0.3, 0.4) is 0 Å². The van der Waals surface area contributed by atoms with E-state index < -0.39 is 0 Å². The first-order chi connectivity index (χ1) is 15.2. The molecule has 0 N–H and O–H groups in total. The van der Waals surface area contributed by atoms with Crippen LogP contribution in [0.15, 0.2) is 25.3 Å². The Morgan fingerprint density at radius 2 is 1.87 bits per heavy atom. The Hall–Kier alpha value is -2.44. The van der Waals surface area contributed by atoms with Crippen molar-refractivity contribution in [3.8, 4) is 0 Å². The minimum atomic E-state index is -0.108. The van der Waals surface area contributed by atoms with Crippen molar-refractivity contribution in [1.82, 2.24) is 19.5 Å². The second-order valence-corrected chi connectivity index (χ2v) is 8.49. The fourth-order valence-electron chi connectivity index (χ4n) is 4.54. The van der Waals surface area contributed by atoms with Crippen LogP contribution in [-0.2, 0) is 16.1 Å². The number of rotatable bonds is 13. The molecule has 2 aromatic rings. The highest BCUT2D eigenvalue weighted by Gasteiger charge is 2.24. The third kappa shape index (κ3) is 6.52. The number of hydrogen-bond acceptors (Lipinski definition) is 6. The summed E-state index contributed by atoms with van der Waals surface area (Å²) in [4.78, 5) is 27.4. The van der Waals surface area contributed by atoms with Crippen molar-refractivity contribution < 1.29 is 9.53 Å². The van der Waals surface area contributed by atoms with Crippen LogP contribution in [0.25, 0.3) is 11.2 Å². The monoisotopic (exact) mass is 427 g/mol. The third-order valence-corrected chi connectivity index (χ3v) is 6.25. The number of aryl methyl sites for hydroxylation is 1. The number of carbonyl (C=O) groups excluding carboxylic acids is 1. The summed E-state index contributed by atoms with van der Waals surface area (Å²) in [6, 6.07) is 0.509. The molecular weight excluding hydrogens is 390 g/mol. The van der Waals surface area contributed by atoms with Gasteiger partial charge in [-0.1, -0.05) is 51.0 Å². The molecule has 0 bridgehead atoms. The Morgan fingerprint density at radius 3 is 2.61 bits per heavy atom. The largest absolute Gasteiger partial charge is 0.469 e. The second-order valence-electron chi connectivity index (χ2n) is 8.49. The van der Waals surface area contributed by atoms with Gasteiger partial charge >= 0.3 is 5.97 Å². The van der Waals surface area contributed by atoms with Crippen LogP contribution in [0.2, 0.25) is 0 Å². The quantitative estimate of drug-likeness (QED) is 0.253. The lowest BCUT2D eigenvalue weighted by atomic mass is 9.94. The van der Waals surface area contributed by atoms with Crippen molar-refractivity contribution in [3.05, 3.63) is 25.3 Å². The molecule has 1 fully saturated rings. The molecular formula is C24H37N5O2. The summed E-state index contributed by atoms with van der Waals surface area (Å²) in [5.74, 6) is 0.838. The number of imidazole rings is 1. The summed E-state index contributed by atoms with van der Waals surface area (Å²) in [6.07, 6.45) is 19.0. The van der Waals surface area contributed by atoms with E-state index >= 15 is 0 Å². The van der Waals surface area contributed by atoms with E-state index in [0.29, 0.717) is 12.5 Å². The molecule has 0 saturated heterocycles. The number of methoxy groups -OCH3 is 1. The van der Waals surface area contributed by atoms with Gasteiger partial charge in [-0.2, -0.15) is 0 Å². The Bertz CT molecular complexity index is 828. The minimum absolute atomic E-state index is 0.108. The zero-order valence-corrected chi connectivity index (χ0v) is 19.0. The summed E-state index contributed by atoms with van der Waals surface area (Å²) in [7, 11) is 1.45. The summed E-state index contributed by atoms with van der Waals surface area (Å²) < 4.78 is 6.83. The fraction of sp³-hybridized carbons (Fsp3) is 0.667. The first-order valence-electron chi connectivity index (χ1n) is 11.8. The van der Waals surface area contributed by atoms with Gasteiger partial charge in [-0.3, -0.25) is 4.79 Å². The van der Waals surface area contributed by atoms with Crippen molar-refractivity contribution in [1.29, 1.82) is 0 Å². The maximum absolute atomic E-state index is 11.1. The summed E-state index contributed by atoms with van der Waals surface area (Å²) in [6.45, 7) is 5.67. The van der Waals surface area contributed by atoms with Gasteiger partial charge < -0.3 is 14.2 Å². The molecule has 0 amide bonds. The molecule has 7 heteroatoms. The van der Waals surface area contributed by atoms with E-state index in [-0.39, 0.29) is 5.97 Å². The maximum atomic E-state index is 11.1. The van der Waals surface area contributed by atoms with E-state index in [9.17, 15) is 4.79 Å². The van der Waals surface area contributed by atoms with Crippen molar-refractivity contribution >= 4 is 23.0 Å². The zero-order chi connectivity index (χ0) is 21.9. The van der Waals surface area contributed by atoms with Gasteiger partial charge in [0.05, 0.1) is 13.4 Å². The minimum Gasteiger partial charge on any atom is -0.469 e. The third-order valence-electron chi connectivity index (χ3n) is 6.25. The zero-order valence-electron chi connectivity index (χ0n) is 19.0. The molecule has 2 aromatic heterocycles. The Morgan fingerprint density at radius 1 is 1.13 bits per heavy atom. The number of anilines is 1. The van der Waals surface area contributed by atoms with Gasteiger partial charge in [-0.15, -0.1) is 6.58 Å². The van der Waals surface area contributed by atoms with Crippen LogP contribution in [0, 0.1) is 0 Å². The van der Waals surface area contributed by atoms with E-state index in [4.69, 9.17) is 4.98 Å². The lowest BCUT2D eigenvalue weighted by Gasteiger charge is -2.34. The van der Waals surface area contributed by atoms with Crippen molar-refractivity contribution in [2.45, 2.75) is 89.6 Å². The van der Waals surface area contributed by atoms with Crippen molar-refractivity contribution in [2.75, 3.05) is 18.6 Å². The Labute approximate surface area is 185 Å². The van der Waals surface area contributed by atoms with E-state index in [1.54, 1.807) is 6.33 Å². The topological polar surface area (TPSA) is 73.1 Å². The highest BCUT2D eigenvalue weighted by molar-refractivity contribution is 5.83. The number of hydrogen-bond donors (Lipinski definition) is 0. The SMILES string of the molecule is C=CCN(c1ncnc2c1ncn2CCCCCCCCC(=O)OC)C1CCCCC1. The number of ether oxygens (including phenoxy) is 1. The normalized spacial score (nSPS) is 14.6. The van der Waals surface area contributed by atoms with Gasteiger partial charge in [-0.05, 0) is 25.7 Å². The fourth-order valence-corrected chi connectivity index (χ4v) is 4.54. The van der Waals surface area contributed by atoms with Gasteiger partial charge in [0.15, 0.2) is 17.0 Å². The number of aromatic nitrogens is 4. The van der Waals surface area contributed by atoms with E-state index in [0.717, 1.165) is 55.8 Å². The summed E-state index contributed by atoms with van der Waals surface area (Å²) in [5, 5.41) is 0. The summed E-state index contributed by atoms with van der Waals surface area (Å²) in [5.41, 5.74) is 1.82. The van der Waals surface area contributed by atoms with E-state index in [1.165, 1.54) is 52.1 Å². The Kier molecular flexibility index (Phi) is 9.31. The van der Waals surface area contributed by atoms with Crippen LogP contribution in [0.5, 0.6) is 0 Å². The van der Waals surface area contributed by atoms with Crippen LogP contribution in [-0.4, -0.2) is 45.2 Å². The smallest absolute Gasteiger partial charge is 0.305 e. The number of fused-ring (bicyclic) bond motifs is 1. The molecule has 7 nitrogen and oxygen atoms in total. The average Bonchev–Trinajstić information content (AvgIpc) is 3.23. The molecule has 0 spiro atoms. The van der Waals surface area contributed by atoms with Gasteiger partial charge in [0.25, 0.3) is 0 Å². The van der Waals surface area contributed by atoms with Crippen LogP contribution >= 0.6 is 0 Å². The van der Waals surface area contributed by atoms with E-state index in [2.05, 4.69) is 30.8 Å². The maximum Gasteiger partial charge on any atom is 0.305 e. The molecule has 0 aromatic carbocycles. The molecule has 3 rings (SSSR count). The lowest BCUT2D eigenvalue weighted by molar-refractivity contribution is -0.140. The molecule has 0 radical (unpaired) electrons. The standard InChI is InChI=1S/C24H37N5O2/c1-3-16-29(20-13-9-8-10-14-20)24-22-23(25-18-26-24)28(19-27-22)17-12-7-5-4-6-11-15-21(30)31-2/h3,18-20H,1,4-17H2,2H3. The van der Waals surface area contributed by atoms with Crippen LogP contribution < -0.4 is 4.90 Å². The first kappa shape index (κ1) is 23.2. The molecule has 0 atom stereocenters. The molecule has 1 aliphatic rings. The number of carbonyl (C=O) groups is 1. The number of nitrogens with zero attached hydrogens (tertiary/aromatic N) is 5. The van der Waals surface area contributed by atoms with Crippen LogP contribution in [0.1, 0.15) is 77.0 Å². The predicted octanol–water partition coefficient (Wildman–Crippen LogP) is 5.06. The highest BCUT2D eigenvalue weighted by atomic mass is 16.5. The predicted molar refractivity (Wildman–Crippen MR) is 124 cm³/mol. The van der Waals surface area contributed by atoms with Gasteiger partial charge in [0.1, 0.15) is 6.33 Å². The molecule has 1 saturated carbocycles. The molecule has 31 heavy (non-hydrogen) atoms. The molecule has 0 aliphatic heterocycles. The Balaban J connectivity index is 1.54. The molecule has 2 heterocycles. The first-order valence-corrected chi connectivity index (χ1v) is 11.8. The second kappa shape index (κ2) is 12.4. The lowest BCUT2D eigenvalue weighted by Crippen LogP contribution is -2.37. The number of unbranched alkanes of at least 4 members (excludes halogenated alkanes) is 5. The summed E-state index contributed by atoms with van der Waals surface area (Å²) >= 11 is 0. The van der Waals surface area contributed by atoms with E-state index in [1.807, 2.05) is 12.4 Å². The van der Waals surface area contributed by atoms with Crippen molar-refractivity contribution in [3.63, 3.8) is 0 Å². The molecule has 0 unspecified atom stereocenters. The average molecular weight is 428 g/mol. The van der Waals surface area contributed by atoms with Crippen LogP contribution in [0.4, 0.5) is 5.82 Å². The molecule has 1 aliphatic carbocycles. The van der Waals surface area contributed by atoms with Gasteiger partial charge in [0, 0.05) is 25.6 Å². The molecule has 170 valence electrons. The van der Waals surface area contributed by atoms with Crippen molar-refractivity contribution in [2.24, 2.45) is 0 Å².